The molecule has 1 aromatic heterocycles. The van der Waals surface area contributed by atoms with Crippen LogP contribution in [-0.4, -0.2) is 34.1 Å². The highest BCUT2D eigenvalue weighted by Gasteiger charge is 2.14. The zero-order valence-corrected chi connectivity index (χ0v) is 11.7. The molecule has 2 aromatic rings. The molecule has 0 radical (unpaired) electrons. The smallest absolute Gasteiger partial charge is 0.407 e. The van der Waals surface area contributed by atoms with Gasteiger partial charge in [-0.2, -0.15) is 5.10 Å². The second kappa shape index (κ2) is 6.08. The van der Waals surface area contributed by atoms with Crippen LogP contribution in [0, 0.1) is 6.92 Å². The molecule has 0 saturated heterocycles. The summed E-state index contributed by atoms with van der Waals surface area (Å²) < 4.78 is 5.86. The van der Waals surface area contributed by atoms with Crippen LogP contribution in [-0.2, 0) is 11.3 Å². The zero-order chi connectivity index (χ0) is 15.4. The summed E-state index contributed by atoms with van der Waals surface area (Å²) in [4.78, 5) is 22.3. The third-order valence-corrected chi connectivity index (χ3v) is 2.83. The van der Waals surface area contributed by atoms with Crippen molar-refractivity contribution in [2.45, 2.75) is 13.5 Å². The molecule has 0 atom stereocenters. The normalized spacial score (nSPS) is 10.2. The van der Waals surface area contributed by atoms with E-state index in [0.29, 0.717) is 11.4 Å². The van der Waals surface area contributed by atoms with Gasteiger partial charge in [0.2, 0.25) is 0 Å². The van der Waals surface area contributed by atoms with Crippen LogP contribution in [0.4, 0.5) is 4.79 Å². The Labute approximate surface area is 121 Å². The number of aryl methyl sites for hydroxylation is 1. The van der Waals surface area contributed by atoms with E-state index in [4.69, 9.17) is 0 Å². The van der Waals surface area contributed by atoms with Crippen molar-refractivity contribution in [1.82, 2.24) is 15.1 Å². The molecule has 1 heterocycles. The lowest BCUT2D eigenvalue weighted by molar-refractivity contribution is 0.0687. The minimum absolute atomic E-state index is 0.0885. The quantitative estimate of drug-likeness (QED) is 0.894. The van der Waals surface area contributed by atoms with Crippen LogP contribution in [0.1, 0.15) is 21.7 Å². The first kappa shape index (κ1) is 14.6. The fourth-order valence-corrected chi connectivity index (χ4v) is 1.89. The summed E-state index contributed by atoms with van der Waals surface area (Å²) in [7, 11) is 1.29. The van der Waals surface area contributed by atoms with Gasteiger partial charge in [-0.1, -0.05) is 12.1 Å². The minimum Gasteiger partial charge on any atom is -0.477 e. The van der Waals surface area contributed by atoms with E-state index >= 15 is 0 Å². The molecule has 110 valence electrons. The molecular weight excluding hydrogens is 274 g/mol. The molecule has 0 bridgehead atoms. The Morgan fingerprint density at radius 1 is 1.38 bits per heavy atom. The summed E-state index contributed by atoms with van der Waals surface area (Å²) in [6.07, 6.45) is -0.526. The summed E-state index contributed by atoms with van der Waals surface area (Å²) >= 11 is 0. The zero-order valence-electron chi connectivity index (χ0n) is 11.7. The van der Waals surface area contributed by atoms with Gasteiger partial charge in [0.05, 0.1) is 18.5 Å². The lowest BCUT2D eigenvalue weighted by Crippen LogP contribution is -2.22. The van der Waals surface area contributed by atoms with Gasteiger partial charge < -0.3 is 15.2 Å². The lowest BCUT2D eigenvalue weighted by atomic mass is 10.2. The number of hydrogen-bond acceptors (Lipinski definition) is 4. The van der Waals surface area contributed by atoms with Crippen molar-refractivity contribution in [3.05, 3.63) is 47.3 Å². The van der Waals surface area contributed by atoms with Crippen molar-refractivity contribution in [1.29, 1.82) is 0 Å². The van der Waals surface area contributed by atoms with E-state index in [1.807, 2.05) is 6.07 Å². The molecule has 2 rings (SSSR count). The van der Waals surface area contributed by atoms with Gasteiger partial charge in [0.25, 0.3) is 0 Å². The standard InChI is InChI=1S/C14H15N3O4/c1-9-6-12(13(18)19)17(16-9)11-5-3-4-10(7-11)8-15-14(20)21-2/h3-7H,8H2,1-2H3,(H,15,20)(H,18,19). The number of carbonyl (C=O) groups excluding carboxylic acids is 1. The van der Waals surface area contributed by atoms with Gasteiger partial charge in [0.1, 0.15) is 0 Å². The van der Waals surface area contributed by atoms with E-state index in [2.05, 4.69) is 15.2 Å². The third kappa shape index (κ3) is 3.38. The second-order valence-corrected chi connectivity index (χ2v) is 4.40. The van der Waals surface area contributed by atoms with Crippen molar-refractivity contribution in [2.75, 3.05) is 7.11 Å². The molecule has 0 fully saturated rings. The fourth-order valence-electron chi connectivity index (χ4n) is 1.89. The van der Waals surface area contributed by atoms with E-state index < -0.39 is 12.1 Å². The van der Waals surface area contributed by atoms with Crippen molar-refractivity contribution in [3.63, 3.8) is 0 Å². The van der Waals surface area contributed by atoms with Crippen LogP contribution < -0.4 is 5.32 Å². The number of alkyl carbamates (subject to hydrolysis) is 1. The molecule has 0 saturated carbocycles. The van der Waals surface area contributed by atoms with Gasteiger partial charge >= 0.3 is 12.1 Å². The Morgan fingerprint density at radius 3 is 2.81 bits per heavy atom. The first-order chi connectivity index (χ1) is 10.0. The number of carboxylic acids is 1. The Bertz CT molecular complexity index is 679. The maximum absolute atomic E-state index is 11.2. The molecule has 1 amide bonds. The predicted octanol–water partition coefficient (Wildman–Crippen LogP) is 1.73. The van der Waals surface area contributed by atoms with Crippen LogP contribution in [0.25, 0.3) is 5.69 Å². The lowest BCUT2D eigenvalue weighted by Gasteiger charge is -2.08. The number of nitrogens with one attached hydrogen (secondary N) is 1. The number of amides is 1. The van der Waals surface area contributed by atoms with Crippen LogP contribution in [0.2, 0.25) is 0 Å². The highest BCUT2D eigenvalue weighted by molar-refractivity contribution is 5.86. The van der Waals surface area contributed by atoms with Crippen LogP contribution >= 0.6 is 0 Å². The molecule has 0 aliphatic carbocycles. The highest BCUT2D eigenvalue weighted by atomic mass is 16.5. The van der Waals surface area contributed by atoms with Gasteiger partial charge in [0, 0.05) is 6.54 Å². The number of hydrogen-bond donors (Lipinski definition) is 2. The number of benzene rings is 1. The van der Waals surface area contributed by atoms with E-state index in [0.717, 1.165) is 5.56 Å². The Morgan fingerprint density at radius 2 is 2.14 bits per heavy atom. The average Bonchev–Trinajstić information content (AvgIpc) is 2.87. The molecular formula is C14H15N3O4. The summed E-state index contributed by atoms with van der Waals surface area (Å²) in [5, 5.41) is 15.9. The van der Waals surface area contributed by atoms with Gasteiger partial charge in [-0.05, 0) is 30.7 Å². The second-order valence-electron chi connectivity index (χ2n) is 4.40. The fraction of sp³-hybridized carbons (Fsp3) is 0.214. The molecule has 0 spiro atoms. The van der Waals surface area contributed by atoms with E-state index in [-0.39, 0.29) is 12.2 Å². The summed E-state index contributed by atoms with van der Waals surface area (Å²) in [6.45, 7) is 2.01. The maximum atomic E-state index is 11.2. The predicted molar refractivity (Wildman–Crippen MR) is 74.5 cm³/mol. The first-order valence-corrected chi connectivity index (χ1v) is 6.22. The Balaban J connectivity index is 2.29. The third-order valence-electron chi connectivity index (χ3n) is 2.83. The van der Waals surface area contributed by atoms with Crippen LogP contribution in [0.5, 0.6) is 0 Å². The monoisotopic (exact) mass is 289 g/mol. The largest absolute Gasteiger partial charge is 0.477 e. The Kier molecular flexibility index (Phi) is 4.22. The molecule has 1 aromatic carbocycles. The average molecular weight is 289 g/mol. The first-order valence-electron chi connectivity index (χ1n) is 6.22. The minimum atomic E-state index is -1.05. The molecule has 2 N–H and O–H groups in total. The van der Waals surface area contributed by atoms with Crippen molar-refractivity contribution in [3.8, 4) is 5.69 Å². The maximum Gasteiger partial charge on any atom is 0.407 e. The van der Waals surface area contributed by atoms with Gasteiger partial charge in [-0.3, -0.25) is 0 Å². The molecule has 0 unspecified atom stereocenters. The van der Waals surface area contributed by atoms with Crippen LogP contribution in [0.3, 0.4) is 0 Å². The summed E-state index contributed by atoms with van der Waals surface area (Å²) in [6, 6.07) is 8.60. The molecule has 21 heavy (non-hydrogen) atoms. The summed E-state index contributed by atoms with van der Waals surface area (Å²) in [5.74, 6) is -1.05. The number of methoxy groups -OCH3 is 1. The van der Waals surface area contributed by atoms with E-state index in [9.17, 15) is 14.7 Å². The van der Waals surface area contributed by atoms with Crippen molar-refractivity contribution < 1.29 is 19.4 Å². The summed E-state index contributed by atoms with van der Waals surface area (Å²) in [5.41, 5.74) is 2.13. The van der Waals surface area contributed by atoms with Crippen molar-refractivity contribution >= 4 is 12.1 Å². The van der Waals surface area contributed by atoms with Gasteiger partial charge in [0.15, 0.2) is 5.69 Å². The van der Waals surface area contributed by atoms with Gasteiger partial charge in [-0.25, -0.2) is 14.3 Å². The topological polar surface area (TPSA) is 93.5 Å². The van der Waals surface area contributed by atoms with Crippen LogP contribution in [0.15, 0.2) is 30.3 Å². The Hall–Kier alpha value is -2.83. The number of carbonyl (C=O) groups is 2. The van der Waals surface area contributed by atoms with Crippen molar-refractivity contribution in [2.24, 2.45) is 0 Å². The highest BCUT2D eigenvalue weighted by Crippen LogP contribution is 2.14. The number of aromatic nitrogens is 2. The number of rotatable bonds is 4. The molecule has 7 nitrogen and oxygen atoms in total. The number of carboxylic acid groups (broad SMARTS) is 1. The SMILES string of the molecule is COC(=O)NCc1cccc(-n2nc(C)cc2C(=O)O)c1. The molecule has 7 heteroatoms. The number of ether oxygens (including phenoxy) is 1. The molecule has 0 aliphatic rings. The van der Waals surface area contributed by atoms with E-state index in [1.54, 1.807) is 25.1 Å². The number of nitrogens with zero attached hydrogens (tertiary/aromatic N) is 2. The van der Waals surface area contributed by atoms with Gasteiger partial charge in [-0.15, -0.1) is 0 Å². The van der Waals surface area contributed by atoms with E-state index in [1.165, 1.54) is 17.9 Å². The number of aromatic carboxylic acids is 1. The molecule has 0 aliphatic heterocycles.